The second-order valence-electron chi connectivity index (χ2n) is 9.53. The Bertz CT molecular complexity index is 1070. The minimum absolute atomic E-state index is 0.0855. The van der Waals surface area contributed by atoms with Crippen molar-refractivity contribution in [2.24, 2.45) is 0 Å². The number of amides is 1. The highest BCUT2D eigenvalue weighted by Gasteiger charge is 2.26. The summed E-state index contributed by atoms with van der Waals surface area (Å²) in [6, 6.07) is 2.23. The molecule has 202 valence electrons. The van der Waals surface area contributed by atoms with Gasteiger partial charge in [-0.3, -0.25) is 4.90 Å². The predicted octanol–water partition coefficient (Wildman–Crippen LogP) is 4.12. The average molecular weight is 521 g/mol. The highest BCUT2D eigenvalue weighted by molar-refractivity contribution is 5.67. The van der Waals surface area contributed by atoms with Gasteiger partial charge in [0, 0.05) is 51.6 Å². The highest BCUT2D eigenvalue weighted by Crippen LogP contribution is 2.31. The standard InChI is InChI=1S/C26H34F2N4O5/c1-17(2)35-26(33)32-8-5-20(6-9-32)36-24-18(3)25(30-16-29-24)37-23-15-21(27)19(14-22(23)28)4-7-31-10-12-34-13-11-31/h14-17,20H,4-13H2,1-3H3. The Morgan fingerprint density at radius 1 is 1.08 bits per heavy atom. The normalized spacial score (nSPS) is 17.2. The topological polar surface area (TPSA) is 86.3 Å². The van der Waals surface area contributed by atoms with Crippen molar-refractivity contribution in [3.63, 3.8) is 0 Å². The van der Waals surface area contributed by atoms with Crippen molar-refractivity contribution in [2.45, 2.75) is 52.2 Å². The van der Waals surface area contributed by atoms with Gasteiger partial charge in [0.2, 0.25) is 11.8 Å². The first-order chi connectivity index (χ1) is 17.8. The number of rotatable bonds is 8. The van der Waals surface area contributed by atoms with E-state index in [0.29, 0.717) is 69.1 Å². The summed E-state index contributed by atoms with van der Waals surface area (Å²) in [5.74, 6) is -1.06. The fourth-order valence-electron chi connectivity index (χ4n) is 4.28. The van der Waals surface area contributed by atoms with Crippen molar-refractivity contribution >= 4 is 6.09 Å². The lowest BCUT2D eigenvalue weighted by atomic mass is 10.1. The Kier molecular flexibility index (Phi) is 9.09. The highest BCUT2D eigenvalue weighted by atomic mass is 19.1. The predicted molar refractivity (Wildman–Crippen MR) is 131 cm³/mol. The lowest BCUT2D eigenvalue weighted by molar-refractivity contribution is 0.0383. The van der Waals surface area contributed by atoms with Crippen LogP contribution in [0.25, 0.3) is 0 Å². The van der Waals surface area contributed by atoms with E-state index >= 15 is 0 Å². The van der Waals surface area contributed by atoms with Crippen LogP contribution in [0.1, 0.15) is 37.8 Å². The Balaban J connectivity index is 1.36. The lowest BCUT2D eigenvalue weighted by Gasteiger charge is -2.31. The van der Waals surface area contributed by atoms with Gasteiger partial charge in [0.25, 0.3) is 0 Å². The first kappa shape index (κ1) is 27.0. The fraction of sp³-hybridized carbons (Fsp3) is 0.577. The van der Waals surface area contributed by atoms with Gasteiger partial charge in [0.15, 0.2) is 11.6 Å². The Labute approximate surface area is 215 Å². The maximum atomic E-state index is 14.8. The van der Waals surface area contributed by atoms with E-state index < -0.39 is 11.6 Å². The number of morpholine rings is 1. The van der Waals surface area contributed by atoms with Gasteiger partial charge < -0.3 is 23.8 Å². The van der Waals surface area contributed by atoms with E-state index in [1.807, 2.05) is 13.8 Å². The molecule has 9 nitrogen and oxygen atoms in total. The molecule has 0 spiro atoms. The molecule has 0 bridgehead atoms. The molecule has 1 aromatic heterocycles. The van der Waals surface area contributed by atoms with Gasteiger partial charge >= 0.3 is 6.09 Å². The number of ether oxygens (including phenoxy) is 4. The number of hydrogen-bond acceptors (Lipinski definition) is 8. The molecule has 2 aromatic rings. The number of nitrogens with zero attached hydrogens (tertiary/aromatic N) is 4. The molecule has 0 atom stereocenters. The van der Waals surface area contributed by atoms with E-state index in [1.165, 1.54) is 12.4 Å². The van der Waals surface area contributed by atoms with Crippen LogP contribution in [0.5, 0.6) is 17.5 Å². The number of carbonyl (C=O) groups is 1. The second-order valence-corrected chi connectivity index (χ2v) is 9.53. The van der Waals surface area contributed by atoms with Crippen LogP contribution in [0.3, 0.4) is 0 Å². The minimum atomic E-state index is -0.667. The Morgan fingerprint density at radius 2 is 1.78 bits per heavy atom. The summed E-state index contributed by atoms with van der Waals surface area (Å²) >= 11 is 0. The summed E-state index contributed by atoms with van der Waals surface area (Å²) in [7, 11) is 0. The van der Waals surface area contributed by atoms with Crippen LogP contribution in [0.15, 0.2) is 18.5 Å². The van der Waals surface area contributed by atoms with Crippen molar-refractivity contribution in [3.05, 3.63) is 41.2 Å². The molecular formula is C26H34F2N4O5. The van der Waals surface area contributed by atoms with Gasteiger partial charge in [-0.25, -0.2) is 23.5 Å². The number of likely N-dealkylation sites (tertiary alicyclic amines) is 1. The first-order valence-electron chi connectivity index (χ1n) is 12.7. The fourth-order valence-corrected chi connectivity index (χ4v) is 4.28. The van der Waals surface area contributed by atoms with Gasteiger partial charge in [0.1, 0.15) is 18.2 Å². The van der Waals surface area contributed by atoms with Crippen LogP contribution < -0.4 is 9.47 Å². The molecule has 2 saturated heterocycles. The molecular weight excluding hydrogens is 486 g/mol. The van der Waals surface area contributed by atoms with Gasteiger partial charge in [0.05, 0.1) is 24.9 Å². The van der Waals surface area contributed by atoms with Crippen LogP contribution in [0, 0.1) is 18.6 Å². The molecule has 0 saturated carbocycles. The van der Waals surface area contributed by atoms with Crippen LogP contribution in [-0.4, -0.2) is 84.0 Å². The SMILES string of the molecule is Cc1c(Oc2cc(F)c(CCN3CCOCC3)cc2F)ncnc1OC1CCN(C(=O)OC(C)C)CC1. The Hall–Kier alpha value is -3.05. The van der Waals surface area contributed by atoms with E-state index in [9.17, 15) is 13.6 Å². The molecule has 0 aliphatic carbocycles. The molecule has 3 heterocycles. The second kappa shape index (κ2) is 12.5. The summed E-state index contributed by atoms with van der Waals surface area (Å²) in [5, 5.41) is 0. The lowest BCUT2D eigenvalue weighted by Crippen LogP contribution is -2.42. The molecule has 1 aromatic carbocycles. The van der Waals surface area contributed by atoms with Crippen molar-refractivity contribution in [1.82, 2.24) is 19.8 Å². The maximum Gasteiger partial charge on any atom is 0.410 e. The molecule has 2 fully saturated rings. The minimum Gasteiger partial charge on any atom is -0.474 e. The molecule has 0 N–H and O–H groups in total. The van der Waals surface area contributed by atoms with Crippen LogP contribution >= 0.6 is 0 Å². The maximum absolute atomic E-state index is 14.8. The van der Waals surface area contributed by atoms with Crippen LogP contribution in [0.4, 0.5) is 13.6 Å². The summed E-state index contributed by atoms with van der Waals surface area (Å²) < 4.78 is 51.8. The van der Waals surface area contributed by atoms with Crippen molar-refractivity contribution in [1.29, 1.82) is 0 Å². The van der Waals surface area contributed by atoms with Gasteiger partial charge in [-0.15, -0.1) is 0 Å². The van der Waals surface area contributed by atoms with Gasteiger partial charge in [-0.05, 0) is 38.8 Å². The Morgan fingerprint density at radius 3 is 2.49 bits per heavy atom. The van der Waals surface area contributed by atoms with E-state index in [4.69, 9.17) is 18.9 Å². The van der Waals surface area contributed by atoms with E-state index in [1.54, 1.807) is 11.8 Å². The van der Waals surface area contributed by atoms with Crippen molar-refractivity contribution in [2.75, 3.05) is 45.9 Å². The molecule has 11 heteroatoms. The molecule has 0 radical (unpaired) electrons. The number of halogens is 2. The van der Waals surface area contributed by atoms with Gasteiger partial charge in [-0.1, -0.05) is 0 Å². The zero-order chi connectivity index (χ0) is 26.4. The smallest absolute Gasteiger partial charge is 0.410 e. The van der Waals surface area contributed by atoms with Crippen LogP contribution in [0.2, 0.25) is 0 Å². The van der Waals surface area contributed by atoms with Crippen LogP contribution in [-0.2, 0) is 15.9 Å². The third-order valence-electron chi connectivity index (χ3n) is 6.42. The number of hydrogen-bond donors (Lipinski definition) is 0. The largest absolute Gasteiger partial charge is 0.474 e. The molecule has 0 unspecified atom stereocenters. The summed E-state index contributed by atoms with van der Waals surface area (Å²) in [4.78, 5) is 24.2. The van der Waals surface area contributed by atoms with E-state index in [0.717, 1.165) is 19.2 Å². The number of carbonyl (C=O) groups excluding carboxylic acids is 1. The van der Waals surface area contributed by atoms with Crippen molar-refractivity contribution < 1.29 is 32.5 Å². The summed E-state index contributed by atoms with van der Waals surface area (Å²) in [6.07, 6.45) is 2.21. The summed E-state index contributed by atoms with van der Waals surface area (Å²) in [5.41, 5.74) is 0.767. The molecule has 1 amide bonds. The van der Waals surface area contributed by atoms with Gasteiger partial charge in [-0.2, -0.15) is 0 Å². The van der Waals surface area contributed by atoms with E-state index in [2.05, 4.69) is 14.9 Å². The molecule has 2 aliphatic heterocycles. The zero-order valence-corrected chi connectivity index (χ0v) is 21.5. The quantitative estimate of drug-likeness (QED) is 0.514. The molecule has 2 aliphatic rings. The monoisotopic (exact) mass is 520 g/mol. The molecule has 37 heavy (non-hydrogen) atoms. The molecule has 4 rings (SSSR count). The number of benzene rings is 1. The van der Waals surface area contributed by atoms with E-state index in [-0.39, 0.29) is 29.9 Å². The third-order valence-corrected chi connectivity index (χ3v) is 6.42. The number of aromatic nitrogens is 2. The number of piperidine rings is 1. The third kappa shape index (κ3) is 7.26. The zero-order valence-electron chi connectivity index (χ0n) is 21.5. The first-order valence-corrected chi connectivity index (χ1v) is 12.7. The average Bonchev–Trinajstić information content (AvgIpc) is 2.88. The summed E-state index contributed by atoms with van der Waals surface area (Å²) in [6.45, 7) is 9.84. The van der Waals surface area contributed by atoms with Crippen molar-refractivity contribution in [3.8, 4) is 17.5 Å².